The molecule has 0 N–H and O–H groups in total. The summed E-state index contributed by atoms with van der Waals surface area (Å²) in [5.41, 5.74) is 2.93. The van der Waals surface area contributed by atoms with E-state index in [1.54, 1.807) is 0 Å². The lowest BCUT2D eigenvalue weighted by atomic mass is 10.1. The molecule has 0 aliphatic heterocycles. The summed E-state index contributed by atoms with van der Waals surface area (Å²) in [6, 6.07) is 6.61. The molecule has 1 aromatic rings. The fourth-order valence-electron chi connectivity index (χ4n) is 1.47. The topological polar surface area (TPSA) is 0 Å². The molecular weight excluding hydrogens is 271 g/mol. The van der Waals surface area contributed by atoms with Gasteiger partial charge in [-0.25, -0.2) is 0 Å². The van der Waals surface area contributed by atoms with Gasteiger partial charge in [-0.3, -0.25) is 0 Å². The molecular formula is C12H17I. The second kappa shape index (κ2) is 5.63. The third-order valence-corrected chi connectivity index (χ3v) is 3.87. The van der Waals surface area contributed by atoms with Crippen LogP contribution in [0.15, 0.2) is 18.2 Å². The number of aryl methyl sites for hydroxylation is 2. The zero-order valence-corrected chi connectivity index (χ0v) is 10.6. The van der Waals surface area contributed by atoms with Crippen molar-refractivity contribution in [3.63, 3.8) is 0 Å². The Balaban J connectivity index is 2.61. The zero-order chi connectivity index (χ0) is 9.68. The standard InChI is InChI=1S/C12H17I/c1-3-4-5-8-11-9-6-7-10(2)12(11)13/h6-7,9H,3-5,8H2,1-2H3. The number of halogens is 1. The van der Waals surface area contributed by atoms with Crippen LogP contribution in [-0.2, 0) is 6.42 Å². The van der Waals surface area contributed by atoms with Gasteiger partial charge in [-0.1, -0.05) is 38.0 Å². The predicted molar refractivity (Wildman–Crippen MR) is 67.1 cm³/mol. The minimum atomic E-state index is 1.24. The van der Waals surface area contributed by atoms with E-state index < -0.39 is 0 Å². The van der Waals surface area contributed by atoms with E-state index in [9.17, 15) is 0 Å². The summed E-state index contributed by atoms with van der Waals surface area (Å²) in [5, 5.41) is 0. The summed E-state index contributed by atoms with van der Waals surface area (Å²) in [7, 11) is 0. The van der Waals surface area contributed by atoms with Gasteiger partial charge in [0.1, 0.15) is 0 Å². The number of rotatable bonds is 4. The average Bonchev–Trinajstić information content (AvgIpc) is 2.13. The lowest BCUT2D eigenvalue weighted by molar-refractivity contribution is 0.715. The van der Waals surface area contributed by atoms with Gasteiger partial charge in [0.15, 0.2) is 0 Å². The first-order valence-corrected chi connectivity index (χ1v) is 6.07. The van der Waals surface area contributed by atoms with E-state index in [2.05, 4.69) is 54.6 Å². The smallest absolute Gasteiger partial charge is 0.0191 e. The molecule has 0 atom stereocenters. The molecule has 0 aliphatic carbocycles. The van der Waals surface area contributed by atoms with Gasteiger partial charge >= 0.3 is 0 Å². The molecule has 0 saturated carbocycles. The SMILES string of the molecule is CCCCCc1cccc(C)c1I. The van der Waals surface area contributed by atoms with Crippen LogP contribution in [0.3, 0.4) is 0 Å². The number of hydrogen-bond donors (Lipinski definition) is 0. The molecule has 0 fully saturated rings. The molecule has 0 amide bonds. The largest absolute Gasteiger partial charge is 0.0654 e. The summed E-state index contributed by atoms with van der Waals surface area (Å²) in [6.45, 7) is 4.44. The minimum Gasteiger partial charge on any atom is -0.0654 e. The van der Waals surface area contributed by atoms with Crippen molar-refractivity contribution in [1.29, 1.82) is 0 Å². The first-order valence-electron chi connectivity index (χ1n) is 4.99. The Kier molecular flexibility index (Phi) is 4.78. The highest BCUT2D eigenvalue weighted by Crippen LogP contribution is 2.18. The molecule has 0 unspecified atom stereocenters. The summed E-state index contributed by atoms with van der Waals surface area (Å²) in [5.74, 6) is 0. The van der Waals surface area contributed by atoms with Crippen molar-refractivity contribution in [3.8, 4) is 0 Å². The monoisotopic (exact) mass is 288 g/mol. The molecule has 13 heavy (non-hydrogen) atoms. The molecule has 0 aliphatic rings. The first kappa shape index (κ1) is 11.0. The van der Waals surface area contributed by atoms with Crippen molar-refractivity contribution >= 4 is 22.6 Å². The van der Waals surface area contributed by atoms with Gasteiger partial charge in [-0.15, -0.1) is 0 Å². The minimum absolute atomic E-state index is 1.24. The summed E-state index contributed by atoms with van der Waals surface area (Å²) in [6.07, 6.45) is 5.23. The lowest BCUT2D eigenvalue weighted by Crippen LogP contribution is -1.91. The summed E-state index contributed by atoms with van der Waals surface area (Å²) >= 11 is 2.46. The number of unbranched alkanes of at least 4 members (excludes halogenated alkanes) is 2. The molecule has 0 nitrogen and oxygen atoms in total. The fraction of sp³-hybridized carbons (Fsp3) is 0.500. The van der Waals surface area contributed by atoms with Gasteiger partial charge in [0, 0.05) is 3.57 Å². The molecule has 0 heterocycles. The van der Waals surface area contributed by atoms with Crippen LogP contribution in [0.1, 0.15) is 37.3 Å². The quantitative estimate of drug-likeness (QED) is 0.571. The highest BCUT2D eigenvalue weighted by Gasteiger charge is 2.00. The van der Waals surface area contributed by atoms with Crippen LogP contribution in [0.4, 0.5) is 0 Å². The highest BCUT2D eigenvalue weighted by molar-refractivity contribution is 14.1. The Labute approximate surface area is 94.9 Å². The van der Waals surface area contributed by atoms with Gasteiger partial charge in [-0.05, 0) is 53.5 Å². The van der Waals surface area contributed by atoms with E-state index in [0.717, 1.165) is 0 Å². The van der Waals surface area contributed by atoms with Crippen molar-refractivity contribution in [2.45, 2.75) is 39.5 Å². The summed E-state index contributed by atoms with van der Waals surface area (Å²) in [4.78, 5) is 0. The van der Waals surface area contributed by atoms with Gasteiger partial charge in [-0.2, -0.15) is 0 Å². The molecule has 1 heteroatoms. The van der Waals surface area contributed by atoms with Gasteiger partial charge in [0.05, 0.1) is 0 Å². The second-order valence-electron chi connectivity index (χ2n) is 3.51. The van der Waals surface area contributed by atoms with Gasteiger partial charge in [0.2, 0.25) is 0 Å². The Hall–Kier alpha value is -0.0500. The molecule has 1 aromatic carbocycles. The average molecular weight is 288 g/mol. The molecule has 1 rings (SSSR count). The van der Waals surface area contributed by atoms with Crippen LogP contribution in [0.25, 0.3) is 0 Å². The van der Waals surface area contributed by atoms with Gasteiger partial charge in [0.25, 0.3) is 0 Å². The van der Waals surface area contributed by atoms with E-state index in [1.807, 2.05) is 0 Å². The maximum atomic E-state index is 2.46. The Morgan fingerprint density at radius 1 is 1.23 bits per heavy atom. The normalized spacial score (nSPS) is 10.4. The maximum absolute atomic E-state index is 2.46. The van der Waals surface area contributed by atoms with Crippen molar-refractivity contribution in [2.24, 2.45) is 0 Å². The van der Waals surface area contributed by atoms with Crippen molar-refractivity contribution in [3.05, 3.63) is 32.9 Å². The third-order valence-electron chi connectivity index (χ3n) is 2.32. The van der Waals surface area contributed by atoms with Crippen LogP contribution in [0, 0.1) is 10.5 Å². The molecule has 0 aromatic heterocycles. The Morgan fingerprint density at radius 3 is 2.69 bits per heavy atom. The number of hydrogen-bond acceptors (Lipinski definition) is 0. The van der Waals surface area contributed by atoms with Crippen LogP contribution in [0.2, 0.25) is 0 Å². The van der Waals surface area contributed by atoms with Crippen LogP contribution >= 0.6 is 22.6 Å². The summed E-state index contributed by atoms with van der Waals surface area (Å²) < 4.78 is 1.45. The van der Waals surface area contributed by atoms with E-state index in [0.29, 0.717) is 0 Å². The Bertz CT molecular complexity index is 266. The molecule has 72 valence electrons. The van der Waals surface area contributed by atoms with Crippen molar-refractivity contribution in [1.82, 2.24) is 0 Å². The van der Waals surface area contributed by atoms with Crippen LogP contribution in [0.5, 0.6) is 0 Å². The zero-order valence-electron chi connectivity index (χ0n) is 8.44. The highest BCUT2D eigenvalue weighted by atomic mass is 127. The number of benzene rings is 1. The van der Waals surface area contributed by atoms with Crippen LogP contribution < -0.4 is 0 Å². The van der Waals surface area contributed by atoms with Gasteiger partial charge < -0.3 is 0 Å². The van der Waals surface area contributed by atoms with E-state index in [1.165, 1.54) is 40.4 Å². The molecule has 0 spiro atoms. The van der Waals surface area contributed by atoms with Crippen molar-refractivity contribution in [2.75, 3.05) is 0 Å². The van der Waals surface area contributed by atoms with E-state index in [4.69, 9.17) is 0 Å². The molecule has 0 saturated heterocycles. The first-order chi connectivity index (χ1) is 6.25. The van der Waals surface area contributed by atoms with E-state index >= 15 is 0 Å². The van der Waals surface area contributed by atoms with E-state index in [-0.39, 0.29) is 0 Å². The maximum Gasteiger partial charge on any atom is 0.0191 e. The fourth-order valence-corrected chi connectivity index (χ4v) is 2.10. The molecule has 0 radical (unpaired) electrons. The Morgan fingerprint density at radius 2 is 2.00 bits per heavy atom. The van der Waals surface area contributed by atoms with Crippen molar-refractivity contribution < 1.29 is 0 Å². The molecule has 0 bridgehead atoms. The lowest BCUT2D eigenvalue weighted by Gasteiger charge is -2.06. The third kappa shape index (κ3) is 3.29. The van der Waals surface area contributed by atoms with Crippen LogP contribution in [-0.4, -0.2) is 0 Å². The second-order valence-corrected chi connectivity index (χ2v) is 4.58. The predicted octanol–water partition coefficient (Wildman–Crippen LogP) is 4.33.